The van der Waals surface area contributed by atoms with Crippen LogP contribution >= 0.6 is 0 Å². The van der Waals surface area contributed by atoms with Gasteiger partial charge in [-0.05, 0) is 24.7 Å². The number of anilines is 1. The van der Waals surface area contributed by atoms with E-state index in [9.17, 15) is 9.59 Å². The maximum Gasteiger partial charge on any atom is 0.330 e. The van der Waals surface area contributed by atoms with Gasteiger partial charge >= 0.3 is 5.69 Å². The van der Waals surface area contributed by atoms with Crippen molar-refractivity contribution in [2.24, 2.45) is 25.9 Å². The highest BCUT2D eigenvalue weighted by Crippen LogP contribution is 2.38. The van der Waals surface area contributed by atoms with Gasteiger partial charge in [-0.3, -0.25) is 9.36 Å². The Morgan fingerprint density at radius 3 is 2.33 bits per heavy atom. The van der Waals surface area contributed by atoms with Gasteiger partial charge in [-0.25, -0.2) is 4.79 Å². The fraction of sp³-hybridized carbons (Fsp3) is 0.692. The van der Waals surface area contributed by atoms with Gasteiger partial charge in [0.2, 0.25) is 0 Å². The minimum absolute atomic E-state index is 0.168. The molecule has 5 nitrogen and oxygen atoms in total. The number of hydrogen-bond donors (Lipinski definition) is 0. The zero-order valence-corrected chi connectivity index (χ0v) is 10.9. The van der Waals surface area contributed by atoms with Gasteiger partial charge in [0.15, 0.2) is 0 Å². The Morgan fingerprint density at radius 2 is 1.72 bits per heavy atom. The Hall–Kier alpha value is -1.52. The molecular formula is C13H19N3O2. The van der Waals surface area contributed by atoms with Gasteiger partial charge in [0, 0.05) is 33.4 Å². The second-order valence-corrected chi connectivity index (χ2v) is 5.63. The van der Waals surface area contributed by atoms with Gasteiger partial charge < -0.3 is 9.47 Å². The van der Waals surface area contributed by atoms with Crippen LogP contribution in [0.3, 0.4) is 0 Å². The zero-order chi connectivity index (χ0) is 12.9. The molecule has 2 heterocycles. The van der Waals surface area contributed by atoms with Crippen LogP contribution in [0.5, 0.6) is 0 Å². The molecule has 2 unspecified atom stereocenters. The molecular weight excluding hydrogens is 230 g/mol. The fourth-order valence-electron chi connectivity index (χ4n) is 3.44. The average Bonchev–Trinajstić information content (AvgIpc) is 2.91. The van der Waals surface area contributed by atoms with Crippen molar-refractivity contribution in [2.75, 3.05) is 18.0 Å². The van der Waals surface area contributed by atoms with Crippen molar-refractivity contribution in [3.05, 3.63) is 27.0 Å². The van der Waals surface area contributed by atoms with Crippen molar-refractivity contribution in [1.29, 1.82) is 0 Å². The molecule has 5 heteroatoms. The Kier molecular flexibility index (Phi) is 2.57. The molecule has 1 aliphatic heterocycles. The third-order valence-electron chi connectivity index (χ3n) is 4.50. The molecule has 0 spiro atoms. The molecule has 0 radical (unpaired) electrons. The van der Waals surface area contributed by atoms with Crippen LogP contribution in [0.25, 0.3) is 0 Å². The first-order valence-corrected chi connectivity index (χ1v) is 6.59. The highest BCUT2D eigenvalue weighted by Gasteiger charge is 2.37. The van der Waals surface area contributed by atoms with Crippen LogP contribution in [0.4, 0.5) is 5.69 Å². The Balaban J connectivity index is 1.99. The van der Waals surface area contributed by atoms with E-state index in [2.05, 4.69) is 4.90 Å². The van der Waals surface area contributed by atoms with E-state index >= 15 is 0 Å². The second-order valence-electron chi connectivity index (χ2n) is 5.63. The summed E-state index contributed by atoms with van der Waals surface area (Å²) in [5, 5.41) is 0. The fourth-order valence-corrected chi connectivity index (χ4v) is 3.44. The summed E-state index contributed by atoms with van der Waals surface area (Å²) in [6, 6.07) is 0. The van der Waals surface area contributed by atoms with Crippen molar-refractivity contribution in [3.63, 3.8) is 0 Å². The molecule has 1 aliphatic carbocycles. The van der Waals surface area contributed by atoms with Crippen LogP contribution < -0.4 is 16.1 Å². The molecule has 18 heavy (non-hydrogen) atoms. The van der Waals surface area contributed by atoms with Gasteiger partial charge in [0.25, 0.3) is 5.56 Å². The van der Waals surface area contributed by atoms with Crippen molar-refractivity contribution in [1.82, 2.24) is 9.13 Å². The smallest absolute Gasteiger partial charge is 0.330 e. The van der Waals surface area contributed by atoms with E-state index in [-0.39, 0.29) is 11.2 Å². The second kappa shape index (κ2) is 4.00. The average molecular weight is 249 g/mol. The summed E-state index contributed by atoms with van der Waals surface area (Å²) in [4.78, 5) is 26.0. The predicted octanol–water partition coefficient (Wildman–Crippen LogP) is 0.320. The third kappa shape index (κ3) is 1.61. The van der Waals surface area contributed by atoms with Crippen LogP contribution in [0.1, 0.15) is 19.3 Å². The van der Waals surface area contributed by atoms with E-state index in [1.165, 1.54) is 28.4 Å². The van der Waals surface area contributed by atoms with Crippen molar-refractivity contribution in [2.45, 2.75) is 19.3 Å². The lowest BCUT2D eigenvalue weighted by molar-refractivity contribution is 0.494. The summed E-state index contributed by atoms with van der Waals surface area (Å²) < 4.78 is 2.69. The van der Waals surface area contributed by atoms with Gasteiger partial charge in [-0.2, -0.15) is 0 Å². The normalized spacial score (nSPS) is 26.7. The zero-order valence-electron chi connectivity index (χ0n) is 10.9. The molecule has 3 rings (SSSR count). The number of nitrogens with zero attached hydrogens (tertiary/aromatic N) is 3. The molecule has 2 aliphatic rings. The summed E-state index contributed by atoms with van der Waals surface area (Å²) in [6.07, 6.45) is 5.58. The van der Waals surface area contributed by atoms with E-state index in [4.69, 9.17) is 0 Å². The molecule has 98 valence electrons. The maximum absolute atomic E-state index is 12.2. The first kappa shape index (κ1) is 11.6. The summed E-state index contributed by atoms with van der Waals surface area (Å²) in [7, 11) is 3.24. The summed E-state index contributed by atoms with van der Waals surface area (Å²) in [5.74, 6) is 1.49. The molecule has 0 aromatic carbocycles. The monoisotopic (exact) mass is 249 g/mol. The van der Waals surface area contributed by atoms with Crippen LogP contribution in [-0.2, 0) is 14.1 Å². The molecule has 2 fully saturated rings. The first-order valence-electron chi connectivity index (χ1n) is 6.59. The van der Waals surface area contributed by atoms with E-state index < -0.39 is 0 Å². The molecule has 1 saturated carbocycles. The summed E-state index contributed by atoms with van der Waals surface area (Å²) in [6.45, 7) is 1.94. The van der Waals surface area contributed by atoms with Crippen LogP contribution in [0.2, 0.25) is 0 Å². The van der Waals surface area contributed by atoms with Crippen LogP contribution in [-0.4, -0.2) is 22.2 Å². The number of rotatable bonds is 1. The topological polar surface area (TPSA) is 47.2 Å². The maximum atomic E-state index is 12.2. The van der Waals surface area contributed by atoms with Crippen molar-refractivity contribution >= 4 is 5.69 Å². The molecule has 1 saturated heterocycles. The standard InChI is InChI=1S/C13H19N3O2/c1-14-8-11(12(17)15(2)13(14)18)16-6-9-4-3-5-10(9)7-16/h8-10H,3-7H2,1-2H3. The van der Waals surface area contributed by atoms with Crippen LogP contribution in [0.15, 0.2) is 15.8 Å². The number of aromatic nitrogens is 2. The lowest BCUT2D eigenvalue weighted by Crippen LogP contribution is -2.40. The lowest BCUT2D eigenvalue weighted by Gasteiger charge is -2.19. The van der Waals surface area contributed by atoms with Crippen LogP contribution in [0, 0.1) is 11.8 Å². The lowest BCUT2D eigenvalue weighted by atomic mass is 10.0. The number of hydrogen-bond acceptors (Lipinski definition) is 3. The third-order valence-corrected chi connectivity index (χ3v) is 4.50. The Bertz CT molecular complexity index is 575. The number of fused-ring (bicyclic) bond motifs is 1. The predicted molar refractivity (Wildman–Crippen MR) is 70.0 cm³/mol. The van der Waals surface area contributed by atoms with E-state index in [0.29, 0.717) is 5.69 Å². The largest absolute Gasteiger partial charge is 0.365 e. The van der Waals surface area contributed by atoms with Crippen molar-refractivity contribution in [3.8, 4) is 0 Å². The summed E-state index contributed by atoms with van der Waals surface area (Å²) in [5.41, 5.74) is 0.246. The highest BCUT2D eigenvalue weighted by atomic mass is 16.2. The quantitative estimate of drug-likeness (QED) is 0.720. The van der Waals surface area contributed by atoms with Gasteiger partial charge in [0.05, 0.1) is 0 Å². The van der Waals surface area contributed by atoms with Crippen molar-refractivity contribution < 1.29 is 0 Å². The first-order chi connectivity index (χ1) is 8.58. The number of aryl methyl sites for hydroxylation is 1. The SMILES string of the molecule is Cn1cc(N2CC3CCCC3C2)c(=O)n(C)c1=O. The Morgan fingerprint density at radius 1 is 1.11 bits per heavy atom. The van der Waals surface area contributed by atoms with Gasteiger partial charge in [0.1, 0.15) is 5.69 Å². The van der Waals surface area contributed by atoms with Gasteiger partial charge in [-0.15, -0.1) is 0 Å². The highest BCUT2D eigenvalue weighted by molar-refractivity contribution is 5.44. The molecule has 1 aromatic heterocycles. The minimum Gasteiger partial charge on any atom is -0.365 e. The molecule has 0 N–H and O–H groups in total. The van der Waals surface area contributed by atoms with E-state index in [1.807, 2.05) is 0 Å². The molecule has 0 bridgehead atoms. The van der Waals surface area contributed by atoms with Gasteiger partial charge in [-0.1, -0.05) is 6.42 Å². The molecule has 2 atom stereocenters. The molecule has 1 aromatic rings. The minimum atomic E-state index is -0.261. The van der Waals surface area contributed by atoms with E-state index in [1.54, 1.807) is 20.3 Å². The van der Waals surface area contributed by atoms with E-state index in [0.717, 1.165) is 24.9 Å². The Labute approximate surface area is 106 Å². The summed E-state index contributed by atoms with van der Waals surface area (Å²) >= 11 is 0. The molecule has 0 amide bonds.